The maximum absolute atomic E-state index is 11.8. The van der Waals surface area contributed by atoms with Crippen molar-refractivity contribution in [1.82, 2.24) is 10.3 Å². The lowest BCUT2D eigenvalue weighted by molar-refractivity contribution is 0.0448. The zero-order valence-electron chi connectivity index (χ0n) is 9.45. The highest BCUT2D eigenvalue weighted by molar-refractivity contribution is 9.10. The van der Waals surface area contributed by atoms with Gasteiger partial charge in [-0.05, 0) is 40.9 Å². The van der Waals surface area contributed by atoms with Crippen LogP contribution in [-0.2, 0) is 0 Å². The second-order valence-electron chi connectivity index (χ2n) is 4.46. The molecule has 1 amide bonds. The molecule has 1 aromatic heterocycles. The topological polar surface area (TPSA) is 62.2 Å². The lowest BCUT2D eigenvalue weighted by Gasteiger charge is -2.22. The maximum atomic E-state index is 11.8. The van der Waals surface area contributed by atoms with Crippen molar-refractivity contribution in [3.8, 4) is 0 Å². The van der Waals surface area contributed by atoms with Crippen LogP contribution in [0.15, 0.2) is 22.8 Å². The van der Waals surface area contributed by atoms with Crippen LogP contribution < -0.4 is 5.32 Å². The number of carbonyl (C=O) groups excluding carboxylic acids is 1. The summed E-state index contributed by atoms with van der Waals surface area (Å²) in [5, 5.41) is 12.8. The Bertz CT molecular complexity index is 417. The Morgan fingerprint density at radius 1 is 1.47 bits per heavy atom. The van der Waals surface area contributed by atoms with E-state index in [1.165, 1.54) is 0 Å². The van der Waals surface area contributed by atoms with Gasteiger partial charge in [0.05, 0.1) is 5.60 Å². The van der Waals surface area contributed by atoms with Crippen molar-refractivity contribution in [2.24, 2.45) is 0 Å². The highest BCUT2D eigenvalue weighted by Gasteiger charge is 2.31. The molecule has 0 aromatic carbocycles. The Hall–Kier alpha value is -0.940. The minimum atomic E-state index is -0.721. The summed E-state index contributed by atoms with van der Waals surface area (Å²) in [5.74, 6) is -0.244. The van der Waals surface area contributed by atoms with Gasteiger partial charge in [0.2, 0.25) is 0 Å². The minimum absolute atomic E-state index is 0.244. The summed E-state index contributed by atoms with van der Waals surface area (Å²) in [5.41, 5.74) is -0.359. The molecule has 2 rings (SSSR count). The predicted octanol–water partition coefficient (Wildman–Crippen LogP) is 1.88. The van der Waals surface area contributed by atoms with Crippen molar-refractivity contribution in [2.45, 2.75) is 31.3 Å². The molecular formula is C12H15BrN2O2. The molecule has 5 heteroatoms. The van der Waals surface area contributed by atoms with E-state index in [-0.39, 0.29) is 5.91 Å². The van der Waals surface area contributed by atoms with Crippen LogP contribution in [0.5, 0.6) is 0 Å². The second kappa shape index (κ2) is 5.14. The van der Waals surface area contributed by atoms with E-state index in [1.807, 2.05) is 0 Å². The van der Waals surface area contributed by atoms with Gasteiger partial charge in [-0.25, -0.2) is 4.98 Å². The zero-order valence-corrected chi connectivity index (χ0v) is 11.0. The number of aromatic nitrogens is 1. The molecule has 0 bridgehead atoms. The molecule has 92 valence electrons. The van der Waals surface area contributed by atoms with Crippen LogP contribution in [0.2, 0.25) is 0 Å². The van der Waals surface area contributed by atoms with Gasteiger partial charge in [-0.1, -0.05) is 18.9 Å². The summed E-state index contributed by atoms with van der Waals surface area (Å²) >= 11 is 3.22. The van der Waals surface area contributed by atoms with Crippen LogP contribution >= 0.6 is 15.9 Å². The third-order valence-corrected chi connectivity index (χ3v) is 3.50. The van der Waals surface area contributed by atoms with E-state index < -0.39 is 5.60 Å². The first-order chi connectivity index (χ1) is 8.09. The summed E-state index contributed by atoms with van der Waals surface area (Å²) in [6.07, 6.45) is 3.58. The standard InChI is InChI=1S/C12H15BrN2O2/c13-10-5-3-4-9(15-10)11(16)14-8-12(17)6-1-2-7-12/h3-5,17H,1-2,6-8H2,(H,14,16). The third kappa shape index (κ3) is 3.26. The summed E-state index contributed by atoms with van der Waals surface area (Å²) < 4.78 is 0.629. The Balaban J connectivity index is 1.93. The van der Waals surface area contributed by atoms with Crippen LogP contribution in [0, 0.1) is 0 Å². The molecule has 0 aliphatic heterocycles. The molecule has 1 aliphatic carbocycles. The van der Waals surface area contributed by atoms with Gasteiger partial charge in [0.15, 0.2) is 0 Å². The molecule has 1 saturated carbocycles. The number of nitrogens with zero attached hydrogens (tertiary/aromatic N) is 1. The molecule has 1 aromatic rings. The first-order valence-electron chi connectivity index (χ1n) is 5.72. The number of aliphatic hydroxyl groups is 1. The number of hydrogen-bond donors (Lipinski definition) is 2. The smallest absolute Gasteiger partial charge is 0.270 e. The number of hydrogen-bond acceptors (Lipinski definition) is 3. The van der Waals surface area contributed by atoms with E-state index >= 15 is 0 Å². The summed E-state index contributed by atoms with van der Waals surface area (Å²) in [4.78, 5) is 15.9. The third-order valence-electron chi connectivity index (χ3n) is 3.06. The molecule has 1 heterocycles. The average molecular weight is 299 g/mol. The van der Waals surface area contributed by atoms with E-state index in [1.54, 1.807) is 18.2 Å². The molecule has 0 atom stereocenters. The Kier molecular flexibility index (Phi) is 3.79. The molecule has 0 saturated heterocycles. The molecule has 1 aliphatic rings. The van der Waals surface area contributed by atoms with E-state index in [0.29, 0.717) is 16.8 Å². The molecular weight excluding hydrogens is 284 g/mol. The fraction of sp³-hybridized carbons (Fsp3) is 0.500. The summed E-state index contributed by atoms with van der Waals surface area (Å²) in [6, 6.07) is 5.18. The quantitative estimate of drug-likeness (QED) is 0.838. The fourth-order valence-electron chi connectivity index (χ4n) is 2.08. The van der Waals surface area contributed by atoms with Gasteiger partial charge in [0.1, 0.15) is 10.3 Å². The van der Waals surface area contributed by atoms with Crippen molar-refractivity contribution in [1.29, 1.82) is 0 Å². The van der Waals surface area contributed by atoms with Gasteiger partial charge in [0, 0.05) is 6.54 Å². The Labute approximate surface area is 109 Å². The first-order valence-corrected chi connectivity index (χ1v) is 6.52. The van der Waals surface area contributed by atoms with Gasteiger partial charge in [0.25, 0.3) is 5.91 Å². The van der Waals surface area contributed by atoms with Crippen LogP contribution in [0.3, 0.4) is 0 Å². The molecule has 0 unspecified atom stereocenters. The van der Waals surface area contributed by atoms with Crippen LogP contribution in [0.1, 0.15) is 36.2 Å². The summed E-state index contributed by atoms with van der Waals surface area (Å²) in [7, 11) is 0. The van der Waals surface area contributed by atoms with Crippen molar-refractivity contribution in [3.05, 3.63) is 28.5 Å². The van der Waals surface area contributed by atoms with Crippen molar-refractivity contribution in [2.75, 3.05) is 6.54 Å². The lowest BCUT2D eigenvalue weighted by atomic mass is 10.0. The lowest BCUT2D eigenvalue weighted by Crippen LogP contribution is -2.41. The molecule has 17 heavy (non-hydrogen) atoms. The van der Waals surface area contributed by atoms with E-state index in [4.69, 9.17) is 0 Å². The largest absolute Gasteiger partial charge is 0.388 e. The van der Waals surface area contributed by atoms with Crippen LogP contribution in [-0.4, -0.2) is 28.1 Å². The van der Waals surface area contributed by atoms with E-state index in [0.717, 1.165) is 25.7 Å². The SMILES string of the molecule is O=C(NCC1(O)CCCC1)c1cccc(Br)n1. The average Bonchev–Trinajstić information content (AvgIpc) is 2.74. The number of carbonyl (C=O) groups is 1. The normalized spacial score (nSPS) is 18.0. The Morgan fingerprint density at radius 3 is 2.82 bits per heavy atom. The van der Waals surface area contributed by atoms with E-state index in [9.17, 15) is 9.90 Å². The van der Waals surface area contributed by atoms with Gasteiger partial charge in [-0.2, -0.15) is 0 Å². The molecule has 2 N–H and O–H groups in total. The summed E-state index contributed by atoms with van der Waals surface area (Å²) in [6.45, 7) is 0.306. The van der Waals surface area contributed by atoms with E-state index in [2.05, 4.69) is 26.2 Å². The minimum Gasteiger partial charge on any atom is -0.388 e. The number of nitrogens with one attached hydrogen (secondary N) is 1. The predicted molar refractivity (Wildman–Crippen MR) is 67.7 cm³/mol. The van der Waals surface area contributed by atoms with Gasteiger partial charge < -0.3 is 10.4 Å². The number of rotatable bonds is 3. The number of halogens is 1. The number of pyridine rings is 1. The highest BCUT2D eigenvalue weighted by Crippen LogP contribution is 2.28. The monoisotopic (exact) mass is 298 g/mol. The first kappa shape index (κ1) is 12.5. The fourth-order valence-corrected chi connectivity index (χ4v) is 2.42. The molecule has 0 spiro atoms. The zero-order chi connectivity index (χ0) is 12.3. The molecule has 4 nitrogen and oxygen atoms in total. The van der Waals surface area contributed by atoms with Crippen molar-refractivity contribution in [3.63, 3.8) is 0 Å². The van der Waals surface area contributed by atoms with Crippen LogP contribution in [0.4, 0.5) is 0 Å². The van der Waals surface area contributed by atoms with Gasteiger partial charge in [-0.3, -0.25) is 4.79 Å². The van der Waals surface area contributed by atoms with Crippen LogP contribution in [0.25, 0.3) is 0 Å². The molecule has 0 radical (unpaired) electrons. The van der Waals surface area contributed by atoms with Crippen molar-refractivity contribution >= 4 is 21.8 Å². The van der Waals surface area contributed by atoms with Gasteiger partial charge in [-0.15, -0.1) is 0 Å². The molecule has 1 fully saturated rings. The van der Waals surface area contributed by atoms with Crippen molar-refractivity contribution < 1.29 is 9.90 Å². The highest BCUT2D eigenvalue weighted by atomic mass is 79.9. The Morgan fingerprint density at radius 2 is 2.18 bits per heavy atom. The maximum Gasteiger partial charge on any atom is 0.270 e. The van der Waals surface area contributed by atoms with Gasteiger partial charge >= 0.3 is 0 Å². The second-order valence-corrected chi connectivity index (χ2v) is 5.27. The number of amides is 1.